The zero-order valence-corrected chi connectivity index (χ0v) is 25.4. The molecule has 0 spiro atoms. The minimum absolute atomic E-state index is 0.0703. The van der Waals surface area contributed by atoms with Gasteiger partial charge in [0.25, 0.3) is 0 Å². The summed E-state index contributed by atoms with van der Waals surface area (Å²) in [6, 6.07) is 13.7. The number of pyridine rings is 1. The van der Waals surface area contributed by atoms with Crippen LogP contribution in [0.2, 0.25) is 0 Å². The Balaban J connectivity index is 1.30. The van der Waals surface area contributed by atoms with E-state index >= 15 is 0 Å². The number of nitrogens with one attached hydrogen (secondary N) is 2. The Bertz CT molecular complexity index is 1870. The van der Waals surface area contributed by atoms with E-state index in [-0.39, 0.29) is 17.3 Å². The zero-order chi connectivity index (χ0) is 31.0. The van der Waals surface area contributed by atoms with Gasteiger partial charge in [0.2, 0.25) is 0 Å². The summed E-state index contributed by atoms with van der Waals surface area (Å²) in [5, 5.41) is 20.1. The summed E-state index contributed by atoms with van der Waals surface area (Å²) < 4.78 is 6.97. The van der Waals surface area contributed by atoms with Gasteiger partial charge >= 0.3 is 11.8 Å². The minimum Gasteiger partial charge on any atom is -0.354 e. The summed E-state index contributed by atoms with van der Waals surface area (Å²) >= 11 is 0. The molecule has 1 aliphatic heterocycles. The van der Waals surface area contributed by atoms with Crippen LogP contribution in [0.4, 0.5) is 5.82 Å². The van der Waals surface area contributed by atoms with Crippen LogP contribution in [0.15, 0.2) is 53.3 Å². The van der Waals surface area contributed by atoms with E-state index in [1.807, 2.05) is 77.2 Å². The highest BCUT2D eigenvalue weighted by atomic mass is 16.5. The Morgan fingerprint density at radius 2 is 1.84 bits per heavy atom. The van der Waals surface area contributed by atoms with E-state index in [1.54, 1.807) is 10.6 Å². The molecule has 0 unspecified atom stereocenters. The number of benzene rings is 1. The van der Waals surface area contributed by atoms with E-state index in [0.717, 1.165) is 54.3 Å². The quantitative estimate of drug-likeness (QED) is 0.294. The molecule has 5 heterocycles. The average Bonchev–Trinajstić information content (AvgIpc) is 3.69. The summed E-state index contributed by atoms with van der Waals surface area (Å²) in [6.45, 7) is 13.4. The number of nitriles is 1. The van der Waals surface area contributed by atoms with Crippen LogP contribution in [0.25, 0.3) is 28.3 Å². The lowest BCUT2D eigenvalue weighted by molar-refractivity contribution is 0.0895. The second kappa shape index (κ2) is 11.5. The molecule has 12 nitrogen and oxygen atoms in total. The number of nitrogens with zero attached hydrogens (tertiary/aromatic N) is 8. The number of hydrogen-bond donors (Lipinski definition) is 2. The van der Waals surface area contributed by atoms with Crippen LogP contribution in [-0.2, 0) is 5.41 Å². The number of fused-ring (bicyclic) bond motifs is 1. The van der Waals surface area contributed by atoms with Gasteiger partial charge in [-0.2, -0.15) is 10.2 Å². The van der Waals surface area contributed by atoms with Crippen molar-refractivity contribution in [2.45, 2.75) is 46.1 Å². The standard InChI is InChI=1S/C32H34N10O2/c1-19-14-21(6-8-24(19)20(2)37-29(43)30-39-31(40-44-30)32(3,4)5)28-38-25(15-27-36-18-23(16-33)42(27)28)22-7-9-26(35-17-22)41-12-10-34-11-13-41/h6-9,14-15,17-18,20,34H,10-13H2,1-5H3,(H,37,43)/t20-/m1/s1. The van der Waals surface area contributed by atoms with Crippen LogP contribution in [0.3, 0.4) is 0 Å². The lowest BCUT2D eigenvalue weighted by Gasteiger charge is -2.28. The van der Waals surface area contributed by atoms with Gasteiger partial charge in [0.15, 0.2) is 5.82 Å². The normalized spacial score (nSPS) is 14.4. The summed E-state index contributed by atoms with van der Waals surface area (Å²) in [4.78, 5) is 33.6. The molecule has 44 heavy (non-hydrogen) atoms. The number of aromatic nitrogens is 6. The lowest BCUT2D eigenvalue weighted by atomic mass is 9.96. The van der Waals surface area contributed by atoms with Gasteiger partial charge in [-0.1, -0.05) is 38.1 Å². The maximum absolute atomic E-state index is 12.9. The fourth-order valence-corrected chi connectivity index (χ4v) is 5.31. The number of carbonyl (C=O) groups excluding carboxylic acids is 1. The molecule has 12 heteroatoms. The number of aryl methyl sites for hydroxylation is 1. The Kier molecular flexibility index (Phi) is 7.57. The van der Waals surface area contributed by atoms with Gasteiger partial charge < -0.3 is 20.1 Å². The van der Waals surface area contributed by atoms with Gasteiger partial charge in [0.1, 0.15) is 29.1 Å². The van der Waals surface area contributed by atoms with E-state index in [1.165, 1.54) is 0 Å². The molecule has 4 aromatic heterocycles. The second-order valence-electron chi connectivity index (χ2n) is 12.0. The number of hydrogen-bond acceptors (Lipinski definition) is 10. The van der Waals surface area contributed by atoms with E-state index < -0.39 is 5.91 Å². The third-order valence-corrected chi connectivity index (χ3v) is 7.73. The zero-order valence-electron chi connectivity index (χ0n) is 25.4. The molecular weight excluding hydrogens is 556 g/mol. The Labute approximate surface area is 255 Å². The number of imidazole rings is 1. The molecule has 0 radical (unpaired) electrons. The first-order valence-corrected chi connectivity index (χ1v) is 14.6. The monoisotopic (exact) mass is 590 g/mol. The predicted molar refractivity (Wildman–Crippen MR) is 165 cm³/mol. The summed E-state index contributed by atoms with van der Waals surface area (Å²) in [5.74, 6) is 1.49. The van der Waals surface area contributed by atoms with E-state index in [9.17, 15) is 10.1 Å². The molecule has 1 amide bonds. The van der Waals surface area contributed by atoms with Crippen molar-refractivity contribution in [1.29, 1.82) is 5.26 Å². The van der Waals surface area contributed by atoms with E-state index in [0.29, 0.717) is 28.7 Å². The topological polar surface area (TPSA) is 150 Å². The Morgan fingerprint density at radius 1 is 1.07 bits per heavy atom. The molecular formula is C32H34N10O2. The van der Waals surface area contributed by atoms with E-state index in [2.05, 4.69) is 36.7 Å². The molecule has 1 atom stereocenters. The maximum Gasteiger partial charge on any atom is 0.315 e. The number of anilines is 1. The van der Waals surface area contributed by atoms with Crippen molar-refractivity contribution in [3.8, 4) is 28.7 Å². The van der Waals surface area contributed by atoms with Gasteiger partial charge in [-0.05, 0) is 43.2 Å². The molecule has 1 fully saturated rings. The van der Waals surface area contributed by atoms with Crippen molar-refractivity contribution in [1.82, 2.24) is 40.1 Å². The highest BCUT2D eigenvalue weighted by molar-refractivity contribution is 5.89. The first-order chi connectivity index (χ1) is 21.1. The van der Waals surface area contributed by atoms with Crippen LogP contribution in [0.1, 0.15) is 67.1 Å². The van der Waals surface area contributed by atoms with Crippen LogP contribution in [-0.4, -0.2) is 61.6 Å². The number of amides is 1. The molecule has 0 aliphatic carbocycles. The van der Waals surface area contributed by atoms with Gasteiger partial charge in [0.05, 0.1) is 17.9 Å². The molecule has 1 aliphatic rings. The molecule has 2 N–H and O–H groups in total. The first-order valence-electron chi connectivity index (χ1n) is 14.6. The first kappa shape index (κ1) is 28.9. The number of rotatable bonds is 6. The lowest BCUT2D eigenvalue weighted by Crippen LogP contribution is -2.43. The molecule has 1 aromatic carbocycles. The molecule has 1 saturated heterocycles. The summed E-state index contributed by atoms with van der Waals surface area (Å²) in [5.41, 5.74) is 4.90. The fraction of sp³-hybridized carbons (Fsp3) is 0.344. The van der Waals surface area contributed by atoms with Gasteiger partial charge in [-0.3, -0.25) is 9.20 Å². The third kappa shape index (κ3) is 5.61. The molecule has 6 rings (SSSR count). The van der Waals surface area contributed by atoms with Crippen molar-refractivity contribution < 1.29 is 9.32 Å². The van der Waals surface area contributed by atoms with Gasteiger partial charge in [0, 0.05) is 55.0 Å². The third-order valence-electron chi connectivity index (χ3n) is 7.73. The number of piperazine rings is 1. The predicted octanol–water partition coefficient (Wildman–Crippen LogP) is 4.22. The maximum atomic E-state index is 12.9. The number of carbonyl (C=O) groups is 1. The van der Waals surface area contributed by atoms with Crippen molar-refractivity contribution in [2.24, 2.45) is 0 Å². The van der Waals surface area contributed by atoms with Crippen LogP contribution < -0.4 is 15.5 Å². The highest BCUT2D eigenvalue weighted by Gasteiger charge is 2.25. The second-order valence-corrected chi connectivity index (χ2v) is 12.0. The Morgan fingerprint density at radius 3 is 2.50 bits per heavy atom. The van der Waals surface area contributed by atoms with Gasteiger partial charge in [-0.25, -0.2) is 15.0 Å². The SMILES string of the molecule is Cc1cc(-c2nc(-c3ccc(N4CCNCC4)nc3)cc3ncc(C#N)n23)ccc1[C@@H](C)NC(=O)c1nc(C(C)(C)C)no1. The van der Waals surface area contributed by atoms with Crippen molar-refractivity contribution in [3.05, 3.63) is 77.3 Å². The average molecular weight is 591 g/mol. The largest absolute Gasteiger partial charge is 0.354 e. The smallest absolute Gasteiger partial charge is 0.315 e. The van der Waals surface area contributed by atoms with Crippen molar-refractivity contribution in [2.75, 3.05) is 31.1 Å². The molecule has 5 aromatic rings. The van der Waals surface area contributed by atoms with E-state index in [4.69, 9.17) is 14.5 Å². The van der Waals surface area contributed by atoms with Crippen LogP contribution in [0, 0.1) is 18.3 Å². The summed E-state index contributed by atoms with van der Waals surface area (Å²) in [7, 11) is 0. The molecule has 0 saturated carbocycles. The minimum atomic E-state index is -0.436. The Hall–Kier alpha value is -5.15. The molecule has 224 valence electrons. The van der Waals surface area contributed by atoms with Gasteiger partial charge in [-0.15, -0.1) is 0 Å². The van der Waals surface area contributed by atoms with Crippen molar-refractivity contribution >= 4 is 17.4 Å². The highest BCUT2D eigenvalue weighted by Crippen LogP contribution is 2.29. The van der Waals surface area contributed by atoms with Crippen molar-refractivity contribution in [3.63, 3.8) is 0 Å². The summed E-state index contributed by atoms with van der Waals surface area (Å²) in [6.07, 6.45) is 3.39. The molecule has 0 bridgehead atoms. The van der Waals surface area contributed by atoms with Crippen LogP contribution in [0.5, 0.6) is 0 Å². The fourth-order valence-electron chi connectivity index (χ4n) is 5.31. The van der Waals surface area contributed by atoms with Crippen LogP contribution >= 0.6 is 0 Å².